The first kappa shape index (κ1) is 22.3. The van der Waals surface area contributed by atoms with Crippen LogP contribution in [0, 0.1) is 5.92 Å². The van der Waals surface area contributed by atoms with E-state index in [0.717, 1.165) is 11.3 Å². The SMILES string of the molecule is COc1ccc(N2CC(C(=O)N(C)C(c3ccccc3)c3ccccn3)CC2=O)c(OC)c1. The third-order valence-corrected chi connectivity index (χ3v) is 5.97. The molecule has 7 heteroatoms. The number of nitrogens with zero attached hydrogens (tertiary/aromatic N) is 3. The molecular formula is C26H27N3O4. The first-order valence-corrected chi connectivity index (χ1v) is 10.8. The molecule has 1 saturated heterocycles. The van der Waals surface area contributed by atoms with Crippen molar-refractivity contribution in [2.45, 2.75) is 12.5 Å². The maximum atomic E-state index is 13.6. The zero-order chi connectivity index (χ0) is 23.4. The molecule has 2 unspecified atom stereocenters. The Kier molecular flexibility index (Phi) is 6.58. The third kappa shape index (κ3) is 4.53. The van der Waals surface area contributed by atoms with E-state index in [1.807, 2.05) is 48.5 Å². The van der Waals surface area contributed by atoms with Crippen molar-refractivity contribution in [3.8, 4) is 11.5 Å². The summed E-state index contributed by atoms with van der Waals surface area (Å²) in [6.07, 6.45) is 1.86. The van der Waals surface area contributed by atoms with E-state index in [0.29, 0.717) is 17.2 Å². The molecule has 0 aliphatic carbocycles. The molecule has 4 rings (SSSR count). The van der Waals surface area contributed by atoms with Gasteiger partial charge in [-0.2, -0.15) is 0 Å². The highest BCUT2D eigenvalue weighted by atomic mass is 16.5. The Bertz CT molecular complexity index is 1080. The van der Waals surface area contributed by atoms with Crippen LogP contribution in [0.4, 0.5) is 5.69 Å². The van der Waals surface area contributed by atoms with Crippen LogP contribution in [0.25, 0.3) is 0 Å². The standard InChI is InChI=1S/C26H27N3O4/c1-28(25(18-9-5-4-6-10-18)21-11-7-8-14-27-21)26(31)19-15-24(30)29(17-19)22-13-12-20(32-2)16-23(22)33-3/h4-14,16,19,25H,15,17H2,1-3H3. The van der Waals surface area contributed by atoms with E-state index in [-0.39, 0.29) is 30.8 Å². The Morgan fingerprint density at radius 1 is 1.06 bits per heavy atom. The van der Waals surface area contributed by atoms with Crippen molar-refractivity contribution in [1.29, 1.82) is 0 Å². The average molecular weight is 446 g/mol. The average Bonchev–Trinajstić information content (AvgIpc) is 3.25. The molecule has 0 bridgehead atoms. The maximum Gasteiger partial charge on any atom is 0.228 e. The van der Waals surface area contributed by atoms with Crippen LogP contribution in [0.2, 0.25) is 0 Å². The third-order valence-electron chi connectivity index (χ3n) is 5.97. The highest BCUT2D eigenvalue weighted by Crippen LogP contribution is 2.37. The van der Waals surface area contributed by atoms with Crippen molar-refractivity contribution in [3.05, 3.63) is 84.2 Å². The molecule has 2 aromatic carbocycles. The zero-order valence-electron chi connectivity index (χ0n) is 19.0. The fourth-order valence-corrected chi connectivity index (χ4v) is 4.29. The number of carbonyl (C=O) groups is 2. The number of hydrogen-bond donors (Lipinski definition) is 0. The smallest absolute Gasteiger partial charge is 0.228 e. The van der Waals surface area contributed by atoms with Crippen LogP contribution in [-0.4, -0.2) is 49.5 Å². The minimum atomic E-state index is -0.468. The van der Waals surface area contributed by atoms with Crippen molar-refractivity contribution in [2.75, 3.05) is 32.7 Å². The van der Waals surface area contributed by atoms with Crippen molar-refractivity contribution >= 4 is 17.5 Å². The molecular weight excluding hydrogens is 418 g/mol. The number of carbonyl (C=O) groups excluding carboxylic acids is 2. The molecule has 7 nitrogen and oxygen atoms in total. The number of methoxy groups -OCH3 is 2. The summed E-state index contributed by atoms with van der Waals surface area (Å²) in [5, 5.41) is 0. The molecule has 170 valence electrons. The van der Waals surface area contributed by atoms with Gasteiger partial charge in [-0.3, -0.25) is 14.6 Å². The van der Waals surface area contributed by atoms with Crippen molar-refractivity contribution in [3.63, 3.8) is 0 Å². The summed E-state index contributed by atoms with van der Waals surface area (Å²) >= 11 is 0. The van der Waals surface area contributed by atoms with Crippen LogP contribution in [0.3, 0.4) is 0 Å². The molecule has 0 spiro atoms. The lowest BCUT2D eigenvalue weighted by atomic mass is 9.99. The lowest BCUT2D eigenvalue weighted by molar-refractivity contribution is -0.136. The first-order valence-electron chi connectivity index (χ1n) is 10.8. The molecule has 33 heavy (non-hydrogen) atoms. The second kappa shape index (κ2) is 9.73. The number of ether oxygens (including phenoxy) is 2. The summed E-state index contributed by atoms with van der Waals surface area (Å²) in [6.45, 7) is 0.286. The van der Waals surface area contributed by atoms with Crippen LogP contribution in [-0.2, 0) is 9.59 Å². The summed E-state index contributed by atoms with van der Waals surface area (Å²) in [4.78, 5) is 34.3. The fourth-order valence-electron chi connectivity index (χ4n) is 4.29. The van der Waals surface area contributed by atoms with Crippen LogP contribution < -0.4 is 14.4 Å². The predicted molar refractivity (Wildman–Crippen MR) is 125 cm³/mol. The number of rotatable bonds is 7. The largest absolute Gasteiger partial charge is 0.497 e. The minimum absolute atomic E-state index is 0.0992. The van der Waals surface area contributed by atoms with Gasteiger partial charge in [0.05, 0.1) is 37.6 Å². The second-order valence-corrected chi connectivity index (χ2v) is 7.96. The van der Waals surface area contributed by atoms with Gasteiger partial charge in [0.15, 0.2) is 0 Å². The van der Waals surface area contributed by atoms with Crippen molar-refractivity contribution in [2.24, 2.45) is 5.92 Å². The van der Waals surface area contributed by atoms with Gasteiger partial charge in [-0.25, -0.2) is 0 Å². The van der Waals surface area contributed by atoms with Gasteiger partial charge < -0.3 is 19.3 Å². The van der Waals surface area contributed by atoms with E-state index in [2.05, 4.69) is 4.98 Å². The van der Waals surface area contributed by atoms with Crippen LogP contribution >= 0.6 is 0 Å². The molecule has 0 N–H and O–H groups in total. The van der Waals surface area contributed by atoms with E-state index in [9.17, 15) is 9.59 Å². The normalized spacial score (nSPS) is 16.4. The van der Waals surface area contributed by atoms with Crippen molar-refractivity contribution in [1.82, 2.24) is 9.88 Å². The summed E-state index contributed by atoms with van der Waals surface area (Å²) < 4.78 is 10.7. The van der Waals surface area contributed by atoms with Gasteiger partial charge in [0.2, 0.25) is 11.8 Å². The molecule has 2 amide bonds. The number of pyridine rings is 1. The van der Waals surface area contributed by atoms with E-state index in [4.69, 9.17) is 9.47 Å². The summed E-state index contributed by atoms with van der Waals surface area (Å²) in [7, 11) is 4.90. The quantitative estimate of drug-likeness (QED) is 0.555. The van der Waals surface area contributed by atoms with Gasteiger partial charge in [-0.05, 0) is 29.8 Å². The van der Waals surface area contributed by atoms with Gasteiger partial charge in [0, 0.05) is 32.3 Å². The minimum Gasteiger partial charge on any atom is -0.497 e. The van der Waals surface area contributed by atoms with E-state index < -0.39 is 5.92 Å². The van der Waals surface area contributed by atoms with Gasteiger partial charge in [0.1, 0.15) is 11.5 Å². The van der Waals surface area contributed by atoms with Gasteiger partial charge in [-0.1, -0.05) is 36.4 Å². The lowest BCUT2D eigenvalue weighted by Crippen LogP contribution is -2.38. The lowest BCUT2D eigenvalue weighted by Gasteiger charge is -2.30. The first-order chi connectivity index (χ1) is 16.0. The molecule has 3 aromatic rings. The van der Waals surface area contributed by atoms with Gasteiger partial charge in [-0.15, -0.1) is 0 Å². The summed E-state index contributed by atoms with van der Waals surface area (Å²) in [5.74, 6) is 0.483. The molecule has 2 heterocycles. The summed E-state index contributed by atoms with van der Waals surface area (Å²) in [5.41, 5.74) is 2.37. The second-order valence-electron chi connectivity index (χ2n) is 7.96. The molecule has 0 saturated carbocycles. The Hall–Kier alpha value is -3.87. The number of aromatic nitrogens is 1. The maximum absolute atomic E-state index is 13.6. The molecule has 2 atom stereocenters. The number of anilines is 1. The fraction of sp³-hybridized carbons (Fsp3) is 0.269. The molecule has 1 fully saturated rings. The van der Waals surface area contributed by atoms with E-state index >= 15 is 0 Å². The molecule has 1 aliphatic heterocycles. The highest BCUT2D eigenvalue weighted by Gasteiger charge is 2.39. The topological polar surface area (TPSA) is 72.0 Å². The molecule has 1 aromatic heterocycles. The molecule has 1 aliphatic rings. The molecule has 0 radical (unpaired) electrons. The summed E-state index contributed by atoms with van der Waals surface area (Å²) in [6, 6.07) is 20.4. The monoisotopic (exact) mass is 445 g/mol. The number of hydrogen-bond acceptors (Lipinski definition) is 5. The Morgan fingerprint density at radius 2 is 1.82 bits per heavy atom. The zero-order valence-corrected chi connectivity index (χ0v) is 19.0. The number of amides is 2. The predicted octanol–water partition coefficient (Wildman–Crippen LogP) is 3.70. The van der Waals surface area contributed by atoms with Gasteiger partial charge >= 0.3 is 0 Å². The Balaban J connectivity index is 1.59. The van der Waals surface area contributed by atoms with Crippen LogP contribution in [0.1, 0.15) is 23.7 Å². The Morgan fingerprint density at radius 3 is 2.48 bits per heavy atom. The highest BCUT2D eigenvalue weighted by molar-refractivity contribution is 6.01. The number of benzene rings is 2. The van der Waals surface area contributed by atoms with Crippen molar-refractivity contribution < 1.29 is 19.1 Å². The van der Waals surface area contributed by atoms with Crippen LogP contribution in [0.5, 0.6) is 11.5 Å². The van der Waals surface area contributed by atoms with E-state index in [1.54, 1.807) is 55.5 Å². The Labute approximate surface area is 193 Å². The van der Waals surface area contributed by atoms with E-state index in [1.165, 1.54) is 0 Å². The van der Waals surface area contributed by atoms with Crippen LogP contribution in [0.15, 0.2) is 72.9 Å². The van der Waals surface area contributed by atoms with Gasteiger partial charge in [0.25, 0.3) is 0 Å².